The second-order valence-electron chi connectivity index (χ2n) is 10.3. The number of halogens is 10. The van der Waals surface area contributed by atoms with E-state index in [-0.39, 0.29) is 0 Å². The van der Waals surface area contributed by atoms with Crippen LogP contribution in [-0.2, 0) is 19.4 Å². The molecule has 0 spiro atoms. The molecule has 0 radical (unpaired) electrons. The first kappa shape index (κ1) is 43.8. The Morgan fingerprint density at radius 2 is 0.667 bits per heavy atom. The summed E-state index contributed by atoms with van der Waals surface area (Å²) in [7, 11) is 0. The molecule has 0 saturated carbocycles. The smallest absolute Gasteiger partial charge is 0.246 e. The number of carbonyl (C=O) groups excluding carboxylic acids is 2. The van der Waals surface area contributed by atoms with Gasteiger partial charge in [-0.1, -0.05) is 77.0 Å². The Hall–Kier alpha value is 1.84. The molecule has 0 fully saturated rings. The van der Waals surface area contributed by atoms with Crippen molar-refractivity contribution < 1.29 is 19.4 Å². The lowest BCUT2D eigenvalue weighted by atomic mass is 10.0. The van der Waals surface area contributed by atoms with Crippen LogP contribution >= 0.6 is 116 Å². The van der Waals surface area contributed by atoms with Gasteiger partial charge in [0, 0.05) is 11.8 Å². The van der Waals surface area contributed by atoms with Gasteiger partial charge in [0.05, 0.1) is 32.3 Å². The first-order valence-electron chi connectivity index (χ1n) is 14.7. The van der Waals surface area contributed by atoms with Crippen LogP contribution in [0.3, 0.4) is 0 Å². The third-order valence-electron chi connectivity index (χ3n) is 6.74. The molecule has 0 aliphatic rings. The number of alkyl halides is 10. The average molecular weight is 799 g/mol. The maximum absolute atomic E-state index is 12.3. The molecule has 42 heavy (non-hydrogen) atoms. The number of hydrogen-bond acceptors (Lipinski definition) is 4. The summed E-state index contributed by atoms with van der Waals surface area (Å²) in [6.45, 7) is 0. The SMILES string of the molecule is O=C(OOC(=O)C(Cl)C(Cl)C(Cl)C(Cl)CCCCCCCCCCl)C(Cl)C(Cl)C(Cl)C(Cl)CCCCCCCCCCl. The highest BCUT2D eigenvalue weighted by Gasteiger charge is 2.39. The van der Waals surface area contributed by atoms with Gasteiger partial charge in [0.25, 0.3) is 0 Å². The average Bonchev–Trinajstić information content (AvgIpc) is 2.99. The molecule has 0 saturated heterocycles. The third kappa shape index (κ3) is 20.2. The minimum absolute atomic E-state index is 0.517. The summed E-state index contributed by atoms with van der Waals surface area (Å²) in [6, 6.07) is 0. The molecule has 14 heteroatoms. The van der Waals surface area contributed by atoms with Crippen molar-refractivity contribution in [1.82, 2.24) is 0 Å². The highest BCUT2D eigenvalue weighted by atomic mass is 35.5. The van der Waals surface area contributed by atoms with Crippen LogP contribution in [0.1, 0.15) is 103 Å². The quantitative estimate of drug-likeness (QED) is 0.0379. The highest BCUT2D eigenvalue weighted by molar-refractivity contribution is 6.42. The molecular weight excluding hydrogens is 755 g/mol. The number of unbranched alkanes of at least 4 members (excludes halogenated alkanes) is 12. The fraction of sp³-hybridized carbons (Fsp3) is 0.929. The topological polar surface area (TPSA) is 52.6 Å². The van der Waals surface area contributed by atoms with Gasteiger partial charge in [-0.05, 0) is 25.7 Å². The second-order valence-corrected chi connectivity index (χ2v) is 15.2. The number of hydrogen-bond donors (Lipinski definition) is 0. The van der Waals surface area contributed by atoms with Gasteiger partial charge in [0.2, 0.25) is 0 Å². The number of rotatable bonds is 26. The second kappa shape index (κ2) is 27.9. The zero-order valence-corrected chi connectivity index (χ0v) is 31.3. The molecule has 8 atom stereocenters. The van der Waals surface area contributed by atoms with Crippen molar-refractivity contribution in [3.8, 4) is 0 Å². The van der Waals surface area contributed by atoms with Gasteiger partial charge in [0.15, 0.2) is 10.8 Å². The summed E-state index contributed by atoms with van der Waals surface area (Å²) < 4.78 is 0. The monoisotopic (exact) mass is 794 g/mol. The first-order chi connectivity index (χ1) is 20.0. The van der Waals surface area contributed by atoms with E-state index in [9.17, 15) is 9.59 Å². The largest absolute Gasteiger partial charge is 0.374 e. The first-order valence-corrected chi connectivity index (χ1v) is 19.2. The molecule has 0 rings (SSSR count). The number of carbonyl (C=O) groups is 2. The van der Waals surface area contributed by atoms with Gasteiger partial charge in [-0.2, -0.15) is 0 Å². The van der Waals surface area contributed by atoms with Crippen LogP contribution in [-0.4, -0.2) is 66.7 Å². The summed E-state index contributed by atoms with van der Waals surface area (Å²) in [5.41, 5.74) is 0. The van der Waals surface area contributed by atoms with Crippen molar-refractivity contribution in [3.63, 3.8) is 0 Å². The molecule has 8 unspecified atom stereocenters. The molecule has 0 aromatic heterocycles. The van der Waals surface area contributed by atoms with Gasteiger partial charge < -0.3 is 0 Å². The van der Waals surface area contributed by atoms with Crippen molar-refractivity contribution in [2.45, 2.75) is 146 Å². The fourth-order valence-electron chi connectivity index (χ4n) is 4.11. The zero-order valence-electron chi connectivity index (χ0n) is 23.8. The molecule has 0 aromatic carbocycles. The van der Waals surface area contributed by atoms with Crippen molar-refractivity contribution in [2.24, 2.45) is 0 Å². The summed E-state index contributed by atoms with van der Waals surface area (Å²) in [6.07, 6.45) is 16.1. The van der Waals surface area contributed by atoms with E-state index in [2.05, 4.69) is 9.78 Å². The van der Waals surface area contributed by atoms with E-state index in [0.717, 1.165) is 89.9 Å². The Morgan fingerprint density at radius 3 is 0.952 bits per heavy atom. The summed E-state index contributed by atoms with van der Waals surface area (Å²) in [4.78, 5) is 33.8. The Balaban J connectivity index is 4.38. The van der Waals surface area contributed by atoms with Gasteiger partial charge in [-0.15, -0.1) is 116 Å². The van der Waals surface area contributed by atoms with E-state index in [1.807, 2.05) is 0 Å². The van der Waals surface area contributed by atoms with Crippen LogP contribution in [0, 0.1) is 0 Å². The van der Waals surface area contributed by atoms with E-state index in [1.54, 1.807) is 0 Å². The molecule has 0 aliphatic heterocycles. The molecule has 4 nitrogen and oxygen atoms in total. The Morgan fingerprint density at radius 1 is 0.405 bits per heavy atom. The Labute approximate surface area is 302 Å². The predicted molar refractivity (Wildman–Crippen MR) is 185 cm³/mol. The molecule has 0 N–H and O–H groups in total. The third-order valence-corrected chi connectivity index (χ3v) is 12.1. The minimum atomic E-state index is -1.43. The van der Waals surface area contributed by atoms with E-state index >= 15 is 0 Å². The fourth-order valence-corrected chi connectivity index (χ4v) is 6.89. The maximum atomic E-state index is 12.3. The van der Waals surface area contributed by atoms with Crippen LogP contribution in [0.5, 0.6) is 0 Å². The molecule has 0 heterocycles. The normalized spacial score (nSPS) is 17.5. The lowest BCUT2D eigenvalue weighted by Gasteiger charge is -2.24. The van der Waals surface area contributed by atoms with Crippen LogP contribution in [0.4, 0.5) is 0 Å². The Kier molecular flexibility index (Phi) is 29.1. The predicted octanol–water partition coefficient (Wildman–Crippen LogP) is 11.6. The molecule has 0 aromatic rings. The lowest BCUT2D eigenvalue weighted by molar-refractivity contribution is -0.258. The van der Waals surface area contributed by atoms with E-state index < -0.39 is 55.0 Å². The van der Waals surface area contributed by atoms with Crippen molar-refractivity contribution in [3.05, 3.63) is 0 Å². The summed E-state index contributed by atoms with van der Waals surface area (Å²) in [5.74, 6) is -0.841. The Bertz CT molecular complexity index is 637. The lowest BCUT2D eigenvalue weighted by Crippen LogP contribution is -2.40. The molecule has 0 aliphatic carbocycles. The van der Waals surface area contributed by atoms with Gasteiger partial charge in [-0.3, -0.25) is 0 Å². The minimum Gasteiger partial charge on any atom is -0.246 e. The zero-order chi connectivity index (χ0) is 31.9. The standard InChI is InChI=1S/C28H44Cl10O4/c29-17-13-9-5-1-3-7-11-15-19(31)21(33)23(35)25(37)27(39)41-42-28(40)26(38)24(36)22(34)20(32)16-12-8-4-2-6-10-14-18-30/h19-26H,1-18H2. The van der Waals surface area contributed by atoms with Crippen LogP contribution in [0.2, 0.25) is 0 Å². The van der Waals surface area contributed by atoms with Gasteiger partial charge in [0.1, 0.15) is 0 Å². The maximum Gasteiger partial charge on any atom is 0.374 e. The van der Waals surface area contributed by atoms with Crippen molar-refractivity contribution in [2.75, 3.05) is 11.8 Å². The van der Waals surface area contributed by atoms with Crippen LogP contribution < -0.4 is 0 Å². The van der Waals surface area contributed by atoms with E-state index in [1.165, 1.54) is 0 Å². The van der Waals surface area contributed by atoms with Gasteiger partial charge in [-0.25, -0.2) is 19.4 Å². The van der Waals surface area contributed by atoms with Crippen LogP contribution in [0.15, 0.2) is 0 Å². The van der Waals surface area contributed by atoms with Crippen molar-refractivity contribution in [1.29, 1.82) is 0 Å². The molecular formula is C28H44Cl10O4. The van der Waals surface area contributed by atoms with Gasteiger partial charge >= 0.3 is 11.9 Å². The highest BCUT2D eigenvalue weighted by Crippen LogP contribution is 2.30. The molecule has 0 amide bonds. The van der Waals surface area contributed by atoms with E-state index in [4.69, 9.17) is 116 Å². The molecule has 250 valence electrons. The summed E-state index contributed by atoms with van der Waals surface area (Å²) >= 11 is 61.8. The van der Waals surface area contributed by atoms with Crippen LogP contribution in [0.25, 0.3) is 0 Å². The van der Waals surface area contributed by atoms with E-state index in [0.29, 0.717) is 24.6 Å². The molecule has 0 bridgehead atoms. The summed E-state index contributed by atoms with van der Waals surface area (Å²) in [5, 5.41) is -7.72. The van der Waals surface area contributed by atoms with Crippen molar-refractivity contribution >= 4 is 128 Å².